The highest BCUT2D eigenvalue weighted by Crippen LogP contribution is 2.51. The lowest BCUT2D eigenvalue weighted by atomic mass is 9.73. The van der Waals surface area contributed by atoms with Crippen LogP contribution in [0, 0.1) is 0 Å². The second-order valence-electron chi connectivity index (χ2n) is 8.05. The van der Waals surface area contributed by atoms with Gasteiger partial charge in [0.2, 0.25) is 0 Å². The molecule has 1 N–H and O–H groups in total. The van der Waals surface area contributed by atoms with Crippen molar-refractivity contribution < 1.29 is 4.74 Å². The normalized spacial score (nSPS) is 27.0. The molecular formula is C22H27N3O. The maximum Gasteiger partial charge on any atom is 0.0620 e. The molecule has 1 aliphatic carbocycles. The van der Waals surface area contributed by atoms with Crippen LogP contribution in [-0.4, -0.2) is 37.3 Å². The predicted octanol–water partition coefficient (Wildman–Crippen LogP) is 3.44. The Balaban J connectivity index is 1.36. The van der Waals surface area contributed by atoms with Gasteiger partial charge in [-0.15, -0.1) is 0 Å². The Morgan fingerprint density at radius 2 is 2.00 bits per heavy atom. The topological polar surface area (TPSA) is 37.4 Å². The summed E-state index contributed by atoms with van der Waals surface area (Å²) in [6.45, 7) is 3.98. The number of anilines is 1. The zero-order chi connectivity index (χ0) is 17.4. The Labute approximate surface area is 155 Å². The number of ether oxygens (including phenoxy) is 1. The second-order valence-corrected chi connectivity index (χ2v) is 8.05. The van der Waals surface area contributed by atoms with Crippen LogP contribution >= 0.6 is 0 Å². The Kier molecular flexibility index (Phi) is 4.18. The van der Waals surface area contributed by atoms with Gasteiger partial charge in [-0.05, 0) is 48.9 Å². The number of nitrogens with one attached hydrogen (secondary N) is 1. The standard InChI is InChI=1S/C22H27N3O/c1-2-6-20-19(5-1)21(24-17-7-13-26-16-17)14-22(20)8-11-25(12-9-22)18-4-3-10-23-15-18/h1-6,10,15,17,21,24H,7-9,11-14,16H2/t17-,21-/m1/s1. The van der Waals surface area contributed by atoms with E-state index in [2.05, 4.69) is 45.5 Å². The first-order chi connectivity index (χ1) is 12.8. The highest BCUT2D eigenvalue weighted by molar-refractivity contribution is 5.48. The maximum atomic E-state index is 5.58. The van der Waals surface area contributed by atoms with Crippen molar-refractivity contribution in [2.24, 2.45) is 0 Å². The number of nitrogens with zero attached hydrogens (tertiary/aromatic N) is 2. The second kappa shape index (κ2) is 6.67. The molecule has 0 radical (unpaired) electrons. The van der Waals surface area contributed by atoms with Crippen molar-refractivity contribution in [2.45, 2.75) is 43.2 Å². The SMILES string of the molecule is c1cncc(N2CCC3(CC2)C[C@@H](N[C@@H]2CCOC2)c2ccccc23)c1. The molecule has 3 heterocycles. The van der Waals surface area contributed by atoms with Crippen molar-refractivity contribution in [1.29, 1.82) is 0 Å². The fourth-order valence-electron chi connectivity index (χ4n) is 5.20. The van der Waals surface area contributed by atoms with E-state index in [1.165, 1.54) is 30.5 Å². The molecule has 1 aromatic heterocycles. The summed E-state index contributed by atoms with van der Waals surface area (Å²) in [5.74, 6) is 0. The molecule has 2 saturated heterocycles. The Morgan fingerprint density at radius 1 is 1.12 bits per heavy atom. The van der Waals surface area contributed by atoms with E-state index < -0.39 is 0 Å². The summed E-state index contributed by atoms with van der Waals surface area (Å²) in [5, 5.41) is 3.90. The first-order valence-corrected chi connectivity index (χ1v) is 9.92. The van der Waals surface area contributed by atoms with E-state index in [1.807, 2.05) is 18.5 Å². The number of hydrogen-bond acceptors (Lipinski definition) is 4. The van der Waals surface area contributed by atoms with Gasteiger partial charge in [0.05, 0.1) is 18.5 Å². The van der Waals surface area contributed by atoms with Crippen molar-refractivity contribution in [3.63, 3.8) is 0 Å². The van der Waals surface area contributed by atoms with E-state index in [-0.39, 0.29) is 0 Å². The molecule has 4 heteroatoms. The first kappa shape index (κ1) is 16.3. The fourth-order valence-corrected chi connectivity index (χ4v) is 5.20. The lowest BCUT2D eigenvalue weighted by Gasteiger charge is -2.41. The van der Waals surface area contributed by atoms with Crippen LogP contribution in [-0.2, 0) is 10.2 Å². The van der Waals surface area contributed by atoms with Gasteiger partial charge in [-0.2, -0.15) is 0 Å². The molecule has 5 rings (SSSR count). The zero-order valence-corrected chi connectivity index (χ0v) is 15.2. The molecule has 0 unspecified atom stereocenters. The van der Waals surface area contributed by atoms with E-state index >= 15 is 0 Å². The summed E-state index contributed by atoms with van der Waals surface area (Å²) in [6.07, 6.45) is 8.65. The third-order valence-electron chi connectivity index (χ3n) is 6.60. The van der Waals surface area contributed by atoms with E-state index in [1.54, 1.807) is 5.56 Å². The highest BCUT2D eigenvalue weighted by atomic mass is 16.5. The van der Waals surface area contributed by atoms with E-state index in [9.17, 15) is 0 Å². The van der Waals surface area contributed by atoms with Gasteiger partial charge < -0.3 is 15.0 Å². The van der Waals surface area contributed by atoms with Crippen LogP contribution in [0.1, 0.15) is 42.9 Å². The molecular weight excluding hydrogens is 322 g/mol. The molecule has 1 spiro atoms. The molecule has 1 aromatic carbocycles. The minimum Gasteiger partial charge on any atom is -0.380 e. The molecule has 4 nitrogen and oxygen atoms in total. The van der Waals surface area contributed by atoms with Gasteiger partial charge in [0.25, 0.3) is 0 Å². The molecule has 2 atom stereocenters. The van der Waals surface area contributed by atoms with Crippen molar-refractivity contribution in [2.75, 3.05) is 31.2 Å². The lowest BCUT2D eigenvalue weighted by molar-refractivity contribution is 0.186. The summed E-state index contributed by atoms with van der Waals surface area (Å²) >= 11 is 0. The number of pyridine rings is 1. The number of rotatable bonds is 3. The molecule has 2 aromatic rings. The first-order valence-electron chi connectivity index (χ1n) is 9.92. The average Bonchev–Trinajstić information content (AvgIpc) is 3.31. The third kappa shape index (κ3) is 2.81. The average molecular weight is 349 g/mol. The summed E-state index contributed by atoms with van der Waals surface area (Å²) in [4.78, 5) is 6.78. The third-order valence-corrected chi connectivity index (χ3v) is 6.60. The molecule has 0 bridgehead atoms. The molecule has 3 aliphatic rings. The van der Waals surface area contributed by atoms with Crippen LogP contribution in [0.4, 0.5) is 5.69 Å². The minimum absolute atomic E-state index is 0.326. The zero-order valence-electron chi connectivity index (χ0n) is 15.2. The van der Waals surface area contributed by atoms with Crippen LogP contribution in [0.2, 0.25) is 0 Å². The van der Waals surface area contributed by atoms with Crippen molar-refractivity contribution in [3.8, 4) is 0 Å². The number of piperidine rings is 1. The number of aromatic nitrogens is 1. The minimum atomic E-state index is 0.326. The smallest absolute Gasteiger partial charge is 0.0620 e. The van der Waals surface area contributed by atoms with Crippen LogP contribution in [0.5, 0.6) is 0 Å². The van der Waals surface area contributed by atoms with Crippen LogP contribution in [0.3, 0.4) is 0 Å². The van der Waals surface area contributed by atoms with Crippen molar-refractivity contribution in [1.82, 2.24) is 10.3 Å². The highest BCUT2D eigenvalue weighted by Gasteiger charge is 2.45. The Hall–Kier alpha value is -1.91. The quantitative estimate of drug-likeness (QED) is 0.921. The summed E-state index contributed by atoms with van der Waals surface area (Å²) in [6, 6.07) is 14.3. The summed E-state index contributed by atoms with van der Waals surface area (Å²) in [5.41, 5.74) is 4.69. The Morgan fingerprint density at radius 3 is 2.77 bits per heavy atom. The summed E-state index contributed by atoms with van der Waals surface area (Å²) in [7, 11) is 0. The van der Waals surface area contributed by atoms with Gasteiger partial charge in [-0.1, -0.05) is 24.3 Å². The molecule has 136 valence electrons. The molecule has 26 heavy (non-hydrogen) atoms. The predicted molar refractivity (Wildman–Crippen MR) is 104 cm³/mol. The number of hydrogen-bond donors (Lipinski definition) is 1. The number of fused-ring (bicyclic) bond motifs is 2. The number of benzene rings is 1. The van der Waals surface area contributed by atoms with Crippen molar-refractivity contribution in [3.05, 3.63) is 59.9 Å². The molecule has 0 saturated carbocycles. The molecule has 0 amide bonds. The van der Waals surface area contributed by atoms with Crippen LogP contribution in [0.15, 0.2) is 48.8 Å². The maximum absolute atomic E-state index is 5.58. The van der Waals surface area contributed by atoms with Gasteiger partial charge in [0.1, 0.15) is 0 Å². The monoisotopic (exact) mass is 349 g/mol. The van der Waals surface area contributed by atoms with Gasteiger partial charge >= 0.3 is 0 Å². The molecule has 2 fully saturated rings. The van der Waals surface area contributed by atoms with Gasteiger partial charge in [-0.3, -0.25) is 4.98 Å². The van der Waals surface area contributed by atoms with E-state index in [0.717, 1.165) is 32.7 Å². The van der Waals surface area contributed by atoms with Crippen LogP contribution in [0.25, 0.3) is 0 Å². The van der Waals surface area contributed by atoms with Gasteiger partial charge in [0.15, 0.2) is 0 Å². The lowest BCUT2D eigenvalue weighted by Crippen LogP contribution is -2.42. The Bertz CT molecular complexity index is 749. The fraction of sp³-hybridized carbons (Fsp3) is 0.500. The van der Waals surface area contributed by atoms with E-state index in [0.29, 0.717) is 17.5 Å². The molecule has 2 aliphatic heterocycles. The van der Waals surface area contributed by atoms with Gasteiger partial charge in [0, 0.05) is 43.4 Å². The largest absolute Gasteiger partial charge is 0.380 e. The van der Waals surface area contributed by atoms with Crippen molar-refractivity contribution >= 4 is 5.69 Å². The van der Waals surface area contributed by atoms with Gasteiger partial charge in [-0.25, -0.2) is 0 Å². The van der Waals surface area contributed by atoms with E-state index in [4.69, 9.17) is 4.74 Å². The van der Waals surface area contributed by atoms with Crippen LogP contribution < -0.4 is 10.2 Å². The summed E-state index contributed by atoms with van der Waals surface area (Å²) < 4.78 is 5.58.